The molecule has 7 heteroatoms. The Kier molecular flexibility index (Phi) is 6.94. The first kappa shape index (κ1) is 20.5. The number of hydrogen-bond acceptors (Lipinski definition) is 2. The largest absolute Gasteiger partial charge is 0.325 e. The summed E-state index contributed by atoms with van der Waals surface area (Å²) in [6, 6.07) is 10.0. The highest BCUT2D eigenvalue weighted by atomic mass is 19.1. The summed E-state index contributed by atoms with van der Waals surface area (Å²) in [7, 11) is 0. The van der Waals surface area contributed by atoms with E-state index in [2.05, 4.69) is 10.6 Å². The lowest BCUT2D eigenvalue weighted by Crippen LogP contribution is -2.35. The van der Waals surface area contributed by atoms with Crippen LogP contribution in [0.3, 0.4) is 0 Å². The smallest absolute Gasteiger partial charge is 0.321 e. The van der Waals surface area contributed by atoms with Crippen molar-refractivity contribution in [3.8, 4) is 0 Å². The quantitative estimate of drug-likeness (QED) is 0.709. The maximum Gasteiger partial charge on any atom is 0.321 e. The highest BCUT2D eigenvalue weighted by molar-refractivity contribution is 6.02. The normalized spacial score (nSPS) is 14.5. The number of amides is 3. The first-order valence-corrected chi connectivity index (χ1v) is 9.62. The summed E-state index contributed by atoms with van der Waals surface area (Å²) in [5.41, 5.74) is 0.858. The van der Waals surface area contributed by atoms with Crippen LogP contribution in [0.5, 0.6) is 0 Å². The summed E-state index contributed by atoms with van der Waals surface area (Å²) in [4.78, 5) is 26.1. The van der Waals surface area contributed by atoms with E-state index in [4.69, 9.17) is 0 Å². The summed E-state index contributed by atoms with van der Waals surface area (Å²) in [6.45, 7) is 1.52. The minimum Gasteiger partial charge on any atom is -0.325 e. The zero-order chi connectivity index (χ0) is 20.6. The second-order valence-electron chi connectivity index (χ2n) is 6.87. The fourth-order valence-electron chi connectivity index (χ4n) is 3.13. The Morgan fingerprint density at radius 3 is 1.97 bits per heavy atom. The van der Waals surface area contributed by atoms with Gasteiger partial charge >= 0.3 is 6.03 Å². The van der Waals surface area contributed by atoms with Gasteiger partial charge in [0, 0.05) is 36.1 Å². The molecule has 0 unspecified atom stereocenters. The predicted molar refractivity (Wildman–Crippen MR) is 110 cm³/mol. The molecule has 0 spiro atoms. The molecule has 2 aromatic carbocycles. The molecule has 2 aromatic rings. The van der Waals surface area contributed by atoms with Gasteiger partial charge in [-0.3, -0.25) is 4.79 Å². The molecule has 29 heavy (non-hydrogen) atoms. The van der Waals surface area contributed by atoms with Crippen LogP contribution in [0, 0.1) is 11.6 Å². The van der Waals surface area contributed by atoms with E-state index in [9.17, 15) is 18.4 Å². The van der Waals surface area contributed by atoms with Crippen molar-refractivity contribution in [1.29, 1.82) is 0 Å². The topological polar surface area (TPSA) is 61.4 Å². The van der Waals surface area contributed by atoms with Crippen LogP contribution in [0.15, 0.2) is 48.5 Å². The molecule has 0 saturated carbocycles. The molecule has 3 amide bonds. The number of hydrogen-bond donors (Lipinski definition) is 2. The van der Waals surface area contributed by atoms with E-state index in [0.29, 0.717) is 11.4 Å². The Bertz CT molecular complexity index is 869. The maximum absolute atomic E-state index is 13.6. The highest BCUT2D eigenvalue weighted by Crippen LogP contribution is 2.17. The number of rotatable bonds is 4. The lowest BCUT2D eigenvalue weighted by Gasteiger charge is -2.20. The van der Waals surface area contributed by atoms with Gasteiger partial charge in [-0.2, -0.15) is 0 Å². The third-order valence-electron chi connectivity index (χ3n) is 4.70. The molecular weight excluding hydrogens is 376 g/mol. The van der Waals surface area contributed by atoms with Gasteiger partial charge in [0.15, 0.2) is 0 Å². The molecule has 0 aromatic heterocycles. The Morgan fingerprint density at radius 1 is 0.828 bits per heavy atom. The molecule has 0 atom stereocenters. The van der Waals surface area contributed by atoms with Crippen molar-refractivity contribution in [3.05, 3.63) is 65.7 Å². The average molecular weight is 399 g/mol. The number of carbonyl (C=O) groups excluding carboxylic acids is 2. The average Bonchev–Trinajstić information content (AvgIpc) is 2.99. The van der Waals surface area contributed by atoms with Crippen LogP contribution in [0.25, 0.3) is 6.08 Å². The van der Waals surface area contributed by atoms with Crippen molar-refractivity contribution >= 4 is 29.4 Å². The number of benzene rings is 2. The molecule has 1 heterocycles. The van der Waals surface area contributed by atoms with Crippen LogP contribution in [-0.2, 0) is 4.79 Å². The van der Waals surface area contributed by atoms with Gasteiger partial charge in [-0.05, 0) is 55.3 Å². The van der Waals surface area contributed by atoms with Crippen molar-refractivity contribution in [1.82, 2.24) is 4.90 Å². The second-order valence-corrected chi connectivity index (χ2v) is 6.87. The third-order valence-corrected chi connectivity index (χ3v) is 4.70. The minimum atomic E-state index is -0.737. The van der Waals surface area contributed by atoms with Crippen LogP contribution >= 0.6 is 0 Å². The molecule has 1 aliphatic rings. The second kappa shape index (κ2) is 9.82. The van der Waals surface area contributed by atoms with E-state index in [1.54, 1.807) is 24.3 Å². The number of carbonyl (C=O) groups is 2. The third kappa shape index (κ3) is 5.88. The van der Waals surface area contributed by atoms with Gasteiger partial charge in [0.25, 0.3) is 0 Å². The fraction of sp³-hybridized carbons (Fsp3) is 0.273. The maximum atomic E-state index is 13.6. The van der Waals surface area contributed by atoms with Crippen LogP contribution in [-0.4, -0.2) is 29.9 Å². The van der Waals surface area contributed by atoms with Gasteiger partial charge in [-0.1, -0.05) is 18.9 Å². The fourth-order valence-corrected chi connectivity index (χ4v) is 3.13. The molecular formula is C22H23F2N3O2. The zero-order valence-corrected chi connectivity index (χ0v) is 16.0. The molecule has 0 radical (unpaired) electrons. The highest BCUT2D eigenvalue weighted by Gasteiger charge is 2.15. The van der Waals surface area contributed by atoms with Crippen LogP contribution < -0.4 is 10.6 Å². The van der Waals surface area contributed by atoms with Gasteiger partial charge in [0.1, 0.15) is 11.6 Å². The SMILES string of the molecule is O=C(/C=C/c1c(F)cccc1F)Nc1ccc(NC(=O)N2CCCCCC2)cc1. The number of urea groups is 1. The van der Waals surface area contributed by atoms with Gasteiger partial charge < -0.3 is 15.5 Å². The minimum absolute atomic E-state index is 0.126. The van der Waals surface area contributed by atoms with Crippen molar-refractivity contribution < 1.29 is 18.4 Å². The first-order chi connectivity index (χ1) is 14.0. The Hall–Kier alpha value is -3.22. The number of anilines is 2. The summed E-state index contributed by atoms with van der Waals surface area (Å²) >= 11 is 0. The predicted octanol–water partition coefficient (Wildman–Crippen LogP) is 5.02. The summed E-state index contributed by atoms with van der Waals surface area (Å²) in [5, 5.41) is 5.47. The molecule has 152 valence electrons. The van der Waals surface area contributed by atoms with E-state index in [-0.39, 0.29) is 11.6 Å². The monoisotopic (exact) mass is 399 g/mol. The van der Waals surface area contributed by atoms with E-state index in [1.807, 2.05) is 4.90 Å². The van der Waals surface area contributed by atoms with E-state index in [0.717, 1.165) is 63.1 Å². The van der Waals surface area contributed by atoms with Crippen molar-refractivity contribution in [2.75, 3.05) is 23.7 Å². The lowest BCUT2D eigenvalue weighted by molar-refractivity contribution is -0.111. The number of halogens is 2. The van der Waals surface area contributed by atoms with Crippen molar-refractivity contribution in [2.24, 2.45) is 0 Å². The van der Waals surface area contributed by atoms with Crippen molar-refractivity contribution in [3.63, 3.8) is 0 Å². The number of nitrogens with one attached hydrogen (secondary N) is 2. The van der Waals surface area contributed by atoms with Gasteiger partial charge in [-0.25, -0.2) is 13.6 Å². The molecule has 1 fully saturated rings. The standard InChI is InChI=1S/C22H23F2N3O2/c23-19-6-5-7-20(24)18(19)12-13-21(28)25-16-8-10-17(11-9-16)26-22(29)27-14-3-1-2-4-15-27/h5-13H,1-4,14-15H2,(H,25,28)(H,26,29)/b13-12+. The first-order valence-electron chi connectivity index (χ1n) is 9.62. The summed E-state index contributed by atoms with van der Waals surface area (Å²) < 4.78 is 27.1. The molecule has 3 rings (SSSR count). The number of nitrogens with zero attached hydrogens (tertiary/aromatic N) is 1. The van der Waals surface area contributed by atoms with Gasteiger partial charge in [-0.15, -0.1) is 0 Å². The van der Waals surface area contributed by atoms with Gasteiger partial charge in [0.05, 0.1) is 0 Å². The van der Waals surface area contributed by atoms with Crippen LogP contribution in [0.2, 0.25) is 0 Å². The molecule has 0 bridgehead atoms. The van der Waals surface area contributed by atoms with E-state index in [1.165, 1.54) is 6.07 Å². The van der Waals surface area contributed by atoms with Gasteiger partial charge in [0.2, 0.25) is 5.91 Å². The molecule has 5 nitrogen and oxygen atoms in total. The zero-order valence-electron chi connectivity index (χ0n) is 16.0. The van der Waals surface area contributed by atoms with Crippen LogP contribution in [0.4, 0.5) is 25.0 Å². The summed E-state index contributed by atoms with van der Waals surface area (Å²) in [5.74, 6) is -1.99. The molecule has 1 aliphatic heterocycles. The summed E-state index contributed by atoms with van der Waals surface area (Å²) in [6.07, 6.45) is 6.49. The molecule has 0 aliphatic carbocycles. The lowest BCUT2D eigenvalue weighted by atomic mass is 10.2. The van der Waals surface area contributed by atoms with E-state index < -0.39 is 17.5 Å². The Balaban J connectivity index is 1.55. The van der Waals surface area contributed by atoms with E-state index >= 15 is 0 Å². The van der Waals surface area contributed by atoms with Crippen molar-refractivity contribution in [2.45, 2.75) is 25.7 Å². The Labute approximate surface area is 168 Å². The van der Waals surface area contributed by atoms with Crippen LogP contribution in [0.1, 0.15) is 31.2 Å². The number of likely N-dealkylation sites (tertiary alicyclic amines) is 1. The molecule has 1 saturated heterocycles. The Morgan fingerprint density at radius 2 is 1.38 bits per heavy atom. The molecule has 2 N–H and O–H groups in total.